The number of piperidine rings is 1. The van der Waals surface area contributed by atoms with E-state index < -0.39 is 0 Å². The van der Waals surface area contributed by atoms with Crippen LogP contribution in [0.1, 0.15) is 57.1 Å². The van der Waals surface area contributed by atoms with E-state index in [1.807, 2.05) is 4.90 Å². The molecule has 0 unspecified atom stereocenters. The molecule has 0 radical (unpaired) electrons. The van der Waals surface area contributed by atoms with Crippen LogP contribution in [0.2, 0.25) is 0 Å². The fourth-order valence-electron chi connectivity index (χ4n) is 4.15. The fourth-order valence-corrected chi connectivity index (χ4v) is 4.15. The Labute approximate surface area is 205 Å². The number of rotatable bonds is 9. The predicted octanol–water partition coefficient (Wildman–Crippen LogP) is 3.60. The zero-order valence-electron chi connectivity index (χ0n) is 19.2. The Morgan fingerprint density at radius 1 is 1.10 bits per heavy atom. The summed E-state index contributed by atoms with van der Waals surface area (Å²) in [5.74, 6) is 2.06. The average molecular weight is 542 g/mol. The Morgan fingerprint density at radius 3 is 2.45 bits per heavy atom. The molecule has 2 heterocycles. The van der Waals surface area contributed by atoms with Crippen molar-refractivity contribution in [1.82, 2.24) is 20.4 Å². The number of halogens is 1. The summed E-state index contributed by atoms with van der Waals surface area (Å²) < 4.78 is 0. The van der Waals surface area contributed by atoms with Crippen molar-refractivity contribution in [1.29, 1.82) is 0 Å². The molecule has 0 aromatic heterocycles. The standard InChI is InChI=1S/C24H39N5O.HI/c1-3-25-24(26-13-5-14-28-16-11-20(2)12-17-28)27-18-21-7-9-22(10-8-21)19-29-15-4-6-23(29)30;/h7-10,20H,3-6,11-19H2,1-2H3,(H2,25,26,27);1H. The van der Waals surface area contributed by atoms with Crippen LogP contribution in [0, 0.1) is 5.92 Å². The molecule has 174 valence electrons. The number of nitrogens with one attached hydrogen (secondary N) is 2. The molecule has 0 spiro atoms. The molecule has 2 aliphatic rings. The van der Waals surface area contributed by atoms with Crippen molar-refractivity contribution >= 4 is 35.8 Å². The van der Waals surface area contributed by atoms with E-state index in [1.54, 1.807) is 0 Å². The topological polar surface area (TPSA) is 60.0 Å². The van der Waals surface area contributed by atoms with Gasteiger partial charge in [0.15, 0.2) is 5.96 Å². The van der Waals surface area contributed by atoms with Crippen LogP contribution in [0.4, 0.5) is 0 Å². The van der Waals surface area contributed by atoms with Gasteiger partial charge in [-0.15, -0.1) is 24.0 Å². The SMILES string of the molecule is CCNC(=NCc1ccc(CN2CCCC2=O)cc1)NCCCN1CCC(C)CC1.I. The fraction of sp³-hybridized carbons (Fsp3) is 0.667. The van der Waals surface area contributed by atoms with E-state index in [2.05, 4.69) is 53.6 Å². The van der Waals surface area contributed by atoms with Crippen LogP contribution in [0.15, 0.2) is 29.3 Å². The second-order valence-electron chi connectivity index (χ2n) is 8.74. The van der Waals surface area contributed by atoms with Crippen molar-refractivity contribution < 1.29 is 4.79 Å². The van der Waals surface area contributed by atoms with E-state index >= 15 is 0 Å². The number of carbonyl (C=O) groups excluding carboxylic acids is 1. The Balaban J connectivity index is 0.00000341. The molecule has 1 aromatic carbocycles. The number of aliphatic imine (C=N–C) groups is 1. The number of hydrogen-bond donors (Lipinski definition) is 2. The largest absolute Gasteiger partial charge is 0.357 e. The molecule has 2 N–H and O–H groups in total. The van der Waals surface area contributed by atoms with E-state index in [0.717, 1.165) is 50.9 Å². The molecule has 0 saturated carbocycles. The molecule has 7 heteroatoms. The van der Waals surface area contributed by atoms with Crippen molar-refractivity contribution in [2.24, 2.45) is 10.9 Å². The van der Waals surface area contributed by atoms with Gasteiger partial charge in [0.05, 0.1) is 6.54 Å². The second kappa shape index (κ2) is 13.9. The lowest BCUT2D eigenvalue weighted by atomic mass is 9.99. The summed E-state index contributed by atoms with van der Waals surface area (Å²) in [5.41, 5.74) is 2.38. The summed E-state index contributed by atoms with van der Waals surface area (Å²) in [6.45, 7) is 12.2. The lowest BCUT2D eigenvalue weighted by Gasteiger charge is -2.30. The lowest BCUT2D eigenvalue weighted by Crippen LogP contribution is -2.39. The third kappa shape index (κ3) is 8.96. The summed E-state index contributed by atoms with van der Waals surface area (Å²) >= 11 is 0. The van der Waals surface area contributed by atoms with Crippen molar-refractivity contribution in [3.63, 3.8) is 0 Å². The molecule has 31 heavy (non-hydrogen) atoms. The molecule has 0 aliphatic carbocycles. The van der Waals surface area contributed by atoms with Gasteiger partial charge in [-0.05, 0) is 69.3 Å². The highest BCUT2D eigenvalue weighted by atomic mass is 127. The van der Waals surface area contributed by atoms with Gasteiger partial charge < -0.3 is 20.4 Å². The van der Waals surface area contributed by atoms with Crippen LogP contribution in [-0.2, 0) is 17.9 Å². The van der Waals surface area contributed by atoms with Gasteiger partial charge in [-0.1, -0.05) is 31.2 Å². The lowest BCUT2D eigenvalue weighted by molar-refractivity contribution is -0.128. The summed E-state index contributed by atoms with van der Waals surface area (Å²) in [7, 11) is 0. The zero-order valence-corrected chi connectivity index (χ0v) is 21.6. The first-order chi connectivity index (χ1) is 14.6. The molecule has 3 rings (SSSR count). The quantitative estimate of drug-likeness (QED) is 0.217. The molecular formula is C24H40IN5O. The summed E-state index contributed by atoms with van der Waals surface area (Å²) in [6, 6.07) is 8.49. The summed E-state index contributed by atoms with van der Waals surface area (Å²) in [6.07, 6.45) is 5.51. The monoisotopic (exact) mass is 541 g/mol. The van der Waals surface area contributed by atoms with Crippen molar-refractivity contribution in [3.8, 4) is 0 Å². The Hall–Kier alpha value is -1.35. The molecule has 2 fully saturated rings. The third-order valence-electron chi connectivity index (χ3n) is 6.15. The molecular weight excluding hydrogens is 501 g/mol. The highest BCUT2D eigenvalue weighted by Gasteiger charge is 2.19. The van der Waals surface area contributed by atoms with E-state index in [9.17, 15) is 4.79 Å². The van der Waals surface area contributed by atoms with Gasteiger partial charge in [-0.3, -0.25) is 4.79 Å². The molecule has 1 amide bonds. The molecule has 0 atom stereocenters. The van der Waals surface area contributed by atoms with Crippen LogP contribution in [-0.4, -0.2) is 60.9 Å². The number of benzene rings is 1. The normalized spacial score (nSPS) is 18.2. The number of likely N-dealkylation sites (tertiary alicyclic amines) is 2. The predicted molar refractivity (Wildman–Crippen MR) is 139 cm³/mol. The number of amides is 1. The first-order valence-electron chi connectivity index (χ1n) is 11.7. The average Bonchev–Trinajstić information content (AvgIpc) is 3.16. The van der Waals surface area contributed by atoms with E-state index in [-0.39, 0.29) is 29.9 Å². The van der Waals surface area contributed by atoms with E-state index in [1.165, 1.54) is 43.6 Å². The maximum Gasteiger partial charge on any atom is 0.222 e. The van der Waals surface area contributed by atoms with Crippen LogP contribution in [0.5, 0.6) is 0 Å². The first kappa shape index (κ1) is 25.9. The molecule has 0 bridgehead atoms. The molecule has 2 aliphatic heterocycles. The minimum atomic E-state index is 0. The molecule has 1 aromatic rings. The van der Waals surface area contributed by atoms with Crippen LogP contribution < -0.4 is 10.6 Å². The first-order valence-corrected chi connectivity index (χ1v) is 11.7. The van der Waals surface area contributed by atoms with Gasteiger partial charge in [0, 0.05) is 32.6 Å². The van der Waals surface area contributed by atoms with Crippen molar-refractivity contribution in [3.05, 3.63) is 35.4 Å². The number of carbonyl (C=O) groups is 1. The van der Waals surface area contributed by atoms with Gasteiger partial charge in [0.25, 0.3) is 0 Å². The zero-order chi connectivity index (χ0) is 21.2. The van der Waals surface area contributed by atoms with E-state index in [4.69, 9.17) is 4.99 Å². The highest BCUT2D eigenvalue weighted by molar-refractivity contribution is 14.0. The van der Waals surface area contributed by atoms with Gasteiger partial charge in [-0.25, -0.2) is 4.99 Å². The number of hydrogen-bond acceptors (Lipinski definition) is 3. The maximum atomic E-state index is 11.8. The smallest absolute Gasteiger partial charge is 0.222 e. The summed E-state index contributed by atoms with van der Waals surface area (Å²) in [5, 5.41) is 6.81. The Morgan fingerprint density at radius 2 is 1.81 bits per heavy atom. The third-order valence-corrected chi connectivity index (χ3v) is 6.15. The number of guanidine groups is 1. The van der Waals surface area contributed by atoms with Gasteiger partial charge in [0.2, 0.25) is 5.91 Å². The number of nitrogens with zero attached hydrogens (tertiary/aromatic N) is 3. The maximum absolute atomic E-state index is 11.8. The van der Waals surface area contributed by atoms with E-state index in [0.29, 0.717) is 13.0 Å². The van der Waals surface area contributed by atoms with Crippen LogP contribution in [0.3, 0.4) is 0 Å². The van der Waals surface area contributed by atoms with Crippen molar-refractivity contribution in [2.75, 3.05) is 39.3 Å². The van der Waals surface area contributed by atoms with Gasteiger partial charge in [0.1, 0.15) is 0 Å². The molecule has 2 saturated heterocycles. The Kier molecular flexibility index (Phi) is 11.6. The van der Waals surface area contributed by atoms with Gasteiger partial charge in [-0.2, -0.15) is 0 Å². The minimum absolute atomic E-state index is 0. The Bertz CT molecular complexity index is 686. The van der Waals surface area contributed by atoms with Crippen molar-refractivity contribution in [2.45, 2.75) is 59.0 Å². The van der Waals surface area contributed by atoms with Gasteiger partial charge >= 0.3 is 0 Å². The van der Waals surface area contributed by atoms with Crippen LogP contribution in [0.25, 0.3) is 0 Å². The summed E-state index contributed by atoms with van der Waals surface area (Å²) in [4.78, 5) is 21.1. The van der Waals surface area contributed by atoms with Crippen LogP contribution >= 0.6 is 24.0 Å². The molecule has 6 nitrogen and oxygen atoms in total. The minimum Gasteiger partial charge on any atom is -0.357 e. The second-order valence-corrected chi connectivity index (χ2v) is 8.74. The highest BCUT2D eigenvalue weighted by Crippen LogP contribution is 2.16.